The van der Waals surface area contributed by atoms with Crippen molar-refractivity contribution in [2.24, 2.45) is 0 Å². The van der Waals surface area contributed by atoms with Crippen LogP contribution in [0.5, 0.6) is 11.5 Å². The average molecular weight is 391 g/mol. The predicted molar refractivity (Wildman–Crippen MR) is 100 cm³/mol. The summed E-state index contributed by atoms with van der Waals surface area (Å²) >= 11 is 0. The first-order valence-corrected chi connectivity index (χ1v) is 9.92. The molecule has 1 aromatic carbocycles. The Hall–Kier alpha value is -1.39. The lowest BCUT2D eigenvalue weighted by Crippen LogP contribution is -2.36. The van der Waals surface area contributed by atoms with E-state index in [9.17, 15) is 8.42 Å². The first-order valence-electron chi connectivity index (χ1n) is 8.27. The molecule has 0 spiro atoms. The molecule has 0 bridgehead atoms. The number of nitrogens with zero attached hydrogens (tertiary/aromatic N) is 1. The molecular formula is C17H30N2O6S. The summed E-state index contributed by atoms with van der Waals surface area (Å²) in [7, 11) is 5.06. The van der Waals surface area contributed by atoms with Crippen molar-refractivity contribution < 1.29 is 27.4 Å². The third kappa shape index (κ3) is 7.46. The van der Waals surface area contributed by atoms with Crippen LogP contribution < -0.4 is 14.2 Å². The highest BCUT2D eigenvalue weighted by Crippen LogP contribution is 2.31. The molecule has 1 N–H and O–H groups in total. The lowest BCUT2D eigenvalue weighted by atomic mass is 10.1. The van der Waals surface area contributed by atoms with Gasteiger partial charge in [-0.3, -0.25) is 0 Å². The Morgan fingerprint density at radius 2 is 1.73 bits per heavy atom. The van der Waals surface area contributed by atoms with Crippen molar-refractivity contribution in [2.75, 3.05) is 67.5 Å². The van der Waals surface area contributed by atoms with Gasteiger partial charge in [0.1, 0.15) is 0 Å². The number of nitrogens with one attached hydrogen (secondary N) is 1. The number of rotatable bonds is 13. The van der Waals surface area contributed by atoms with Crippen LogP contribution >= 0.6 is 0 Å². The highest BCUT2D eigenvalue weighted by Gasteiger charge is 2.19. The van der Waals surface area contributed by atoms with Crippen LogP contribution in [0.3, 0.4) is 0 Å². The molecule has 8 nitrogen and oxygen atoms in total. The second kappa shape index (κ2) is 11.3. The number of hydrogen-bond acceptors (Lipinski definition) is 7. The molecule has 1 atom stereocenters. The maximum absolute atomic E-state index is 12.2. The summed E-state index contributed by atoms with van der Waals surface area (Å²) in [5.74, 6) is 1.14. The number of benzene rings is 1. The van der Waals surface area contributed by atoms with Gasteiger partial charge >= 0.3 is 0 Å². The molecule has 1 unspecified atom stereocenters. The van der Waals surface area contributed by atoms with Crippen LogP contribution in [0.4, 0.5) is 0 Å². The monoisotopic (exact) mass is 390 g/mol. The SMILES string of the molecule is COCCOCCS(=O)(=O)NCC(c1ccc(OC)c(OC)c1)N(C)C. The van der Waals surface area contributed by atoms with Gasteiger partial charge in [0, 0.05) is 19.7 Å². The van der Waals surface area contributed by atoms with Crippen molar-refractivity contribution in [1.82, 2.24) is 9.62 Å². The van der Waals surface area contributed by atoms with Crippen LogP contribution in [0.25, 0.3) is 0 Å². The first-order chi connectivity index (χ1) is 12.3. The van der Waals surface area contributed by atoms with E-state index < -0.39 is 10.0 Å². The van der Waals surface area contributed by atoms with Crippen molar-refractivity contribution in [3.63, 3.8) is 0 Å². The maximum Gasteiger partial charge on any atom is 0.213 e. The molecule has 1 aromatic rings. The third-order valence-corrected chi connectivity index (χ3v) is 5.15. The molecule has 26 heavy (non-hydrogen) atoms. The molecule has 1 rings (SSSR count). The summed E-state index contributed by atoms with van der Waals surface area (Å²) in [6, 6.07) is 5.40. The van der Waals surface area contributed by atoms with Crippen molar-refractivity contribution in [2.45, 2.75) is 6.04 Å². The molecule has 0 amide bonds. The van der Waals surface area contributed by atoms with E-state index >= 15 is 0 Å². The minimum Gasteiger partial charge on any atom is -0.493 e. The lowest BCUT2D eigenvalue weighted by Gasteiger charge is -2.25. The molecule has 0 radical (unpaired) electrons. The van der Waals surface area contributed by atoms with Gasteiger partial charge in [0.25, 0.3) is 0 Å². The van der Waals surface area contributed by atoms with E-state index in [1.165, 1.54) is 0 Å². The summed E-state index contributed by atoms with van der Waals surface area (Å²) < 4.78 is 47.6. The number of hydrogen-bond donors (Lipinski definition) is 1. The molecule has 0 aromatic heterocycles. The van der Waals surface area contributed by atoms with Gasteiger partial charge in [-0.1, -0.05) is 6.07 Å². The van der Waals surface area contributed by atoms with Crippen molar-refractivity contribution >= 4 is 10.0 Å². The standard InChI is InChI=1S/C17H30N2O6S/c1-19(2)15(14-6-7-16(23-4)17(12-14)24-5)13-18-26(20,21)11-10-25-9-8-22-3/h6-7,12,15,18H,8-11,13H2,1-5H3. The predicted octanol–water partition coefficient (Wildman–Crippen LogP) is 0.889. The fraction of sp³-hybridized carbons (Fsp3) is 0.647. The minimum atomic E-state index is -3.43. The Labute approximate surface area is 156 Å². The van der Waals surface area contributed by atoms with E-state index in [-0.39, 0.29) is 24.9 Å². The van der Waals surface area contributed by atoms with Crippen molar-refractivity contribution in [3.8, 4) is 11.5 Å². The molecule has 0 heterocycles. The first kappa shape index (κ1) is 22.7. The Kier molecular flexibility index (Phi) is 9.89. The molecular weight excluding hydrogens is 360 g/mol. The van der Waals surface area contributed by atoms with E-state index in [0.29, 0.717) is 24.7 Å². The molecule has 150 valence electrons. The van der Waals surface area contributed by atoms with Gasteiger partial charge in [0.05, 0.1) is 39.8 Å². The van der Waals surface area contributed by atoms with E-state index in [1.54, 1.807) is 21.3 Å². The topological polar surface area (TPSA) is 86.3 Å². The second-order valence-electron chi connectivity index (χ2n) is 5.87. The molecule has 0 saturated heterocycles. The number of likely N-dealkylation sites (N-methyl/N-ethyl adjacent to an activating group) is 1. The minimum absolute atomic E-state index is 0.0944. The Morgan fingerprint density at radius 3 is 2.31 bits per heavy atom. The van der Waals surface area contributed by atoms with Gasteiger partial charge in [0.15, 0.2) is 11.5 Å². The zero-order chi connectivity index (χ0) is 19.6. The molecule has 0 aliphatic heterocycles. The molecule has 0 aliphatic rings. The van der Waals surface area contributed by atoms with Gasteiger partial charge in [-0.2, -0.15) is 0 Å². The molecule has 9 heteroatoms. The lowest BCUT2D eigenvalue weighted by molar-refractivity contribution is 0.0784. The summed E-state index contributed by atoms with van der Waals surface area (Å²) in [6.07, 6.45) is 0. The van der Waals surface area contributed by atoms with Gasteiger partial charge in [-0.05, 0) is 31.8 Å². The molecule has 0 aliphatic carbocycles. The van der Waals surface area contributed by atoms with Crippen LogP contribution in [-0.2, 0) is 19.5 Å². The zero-order valence-corrected chi connectivity index (χ0v) is 17.0. The van der Waals surface area contributed by atoms with Gasteiger partial charge in [0.2, 0.25) is 10.0 Å². The fourth-order valence-electron chi connectivity index (χ4n) is 2.35. The Bertz CT molecular complexity index is 636. The van der Waals surface area contributed by atoms with E-state index in [2.05, 4.69) is 4.72 Å². The third-order valence-electron chi connectivity index (χ3n) is 3.84. The Morgan fingerprint density at radius 1 is 1.04 bits per heavy atom. The van der Waals surface area contributed by atoms with E-state index in [1.807, 2.05) is 37.2 Å². The van der Waals surface area contributed by atoms with Gasteiger partial charge in [-0.25, -0.2) is 13.1 Å². The summed E-state index contributed by atoms with van der Waals surface area (Å²) in [5, 5.41) is 0. The quantitative estimate of drug-likeness (QED) is 0.501. The summed E-state index contributed by atoms with van der Waals surface area (Å²) in [5.41, 5.74) is 0.923. The zero-order valence-electron chi connectivity index (χ0n) is 16.1. The van der Waals surface area contributed by atoms with E-state index in [0.717, 1.165) is 5.56 Å². The summed E-state index contributed by atoms with van der Waals surface area (Å²) in [6.45, 7) is 1.18. The number of sulfonamides is 1. The second-order valence-corrected chi connectivity index (χ2v) is 7.79. The smallest absolute Gasteiger partial charge is 0.213 e. The molecule has 0 saturated carbocycles. The van der Waals surface area contributed by atoms with Crippen LogP contribution in [0.1, 0.15) is 11.6 Å². The highest BCUT2D eigenvalue weighted by molar-refractivity contribution is 7.89. The van der Waals surface area contributed by atoms with Crippen molar-refractivity contribution in [1.29, 1.82) is 0 Å². The normalized spacial score (nSPS) is 13.0. The van der Waals surface area contributed by atoms with E-state index in [4.69, 9.17) is 18.9 Å². The maximum atomic E-state index is 12.2. The van der Waals surface area contributed by atoms with Crippen molar-refractivity contribution in [3.05, 3.63) is 23.8 Å². The van der Waals surface area contributed by atoms with Gasteiger partial charge in [-0.15, -0.1) is 0 Å². The highest BCUT2D eigenvalue weighted by atomic mass is 32.2. The van der Waals surface area contributed by atoms with Crippen LogP contribution in [0.15, 0.2) is 18.2 Å². The fourth-order valence-corrected chi connectivity index (χ4v) is 3.24. The molecule has 0 fully saturated rings. The van der Waals surface area contributed by atoms with Crippen LogP contribution in [0.2, 0.25) is 0 Å². The summed E-state index contributed by atoms with van der Waals surface area (Å²) in [4.78, 5) is 1.94. The largest absolute Gasteiger partial charge is 0.493 e. The van der Waals surface area contributed by atoms with Crippen LogP contribution in [0, 0.1) is 0 Å². The Balaban J connectivity index is 2.71. The average Bonchev–Trinajstić information content (AvgIpc) is 2.61. The number of ether oxygens (including phenoxy) is 4. The van der Waals surface area contributed by atoms with Gasteiger partial charge < -0.3 is 23.8 Å². The van der Waals surface area contributed by atoms with Crippen LogP contribution in [-0.4, -0.2) is 80.9 Å². The number of methoxy groups -OCH3 is 3.